The van der Waals surface area contributed by atoms with Crippen LogP contribution in [0.25, 0.3) is 0 Å². The lowest BCUT2D eigenvalue weighted by molar-refractivity contribution is -0.137. The topological polar surface area (TPSA) is 15.3 Å². The first-order valence-electron chi connectivity index (χ1n) is 6.87. The first-order chi connectivity index (χ1) is 9.35. The monoisotopic (exact) mass is 288 g/mol. The normalized spacial score (nSPS) is 13.8. The summed E-state index contributed by atoms with van der Waals surface area (Å²) in [6, 6.07) is 8.25. The Balaban J connectivity index is 2.57. The van der Waals surface area contributed by atoms with Crippen LogP contribution in [-0.2, 0) is 6.42 Å². The fraction of sp³-hybridized carbons (Fsp3) is 0.600. The van der Waals surface area contributed by atoms with Gasteiger partial charge in [0, 0.05) is 19.1 Å². The van der Waals surface area contributed by atoms with Crippen LogP contribution in [0.2, 0.25) is 0 Å². The fourth-order valence-corrected chi connectivity index (χ4v) is 2.07. The van der Waals surface area contributed by atoms with Crippen LogP contribution in [0.15, 0.2) is 24.3 Å². The molecule has 1 unspecified atom stereocenters. The minimum atomic E-state index is -4.09. The van der Waals surface area contributed by atoms with E-state index in [4.69, 9.17) is 0 Å². The van der Waals surface area contributed by atoms with Gasteiger partial charge in [0.1, 0.15) is 0 Å². The van der Waals surface area contributed by atoms with Crippen molar-refractivity contribution in [2.24, 2.45) is 0 Å². The van der Waals surface area contributed by atoms with E-state index < -0.39 is 12.6 Å². The van der Waals surface area contributed by atoms with Gasteiger partial charge >= 0.3 is 6.18 Å². The Morgan fingerprint density at radius 2 is 1.80 bits per heavy atom. The second-order valence-electron chi connectivity index (χ2n) is 5.06. The number of hydrogen-bond donors (Lipinski definition) is 1. The molecule has 1 aromatic carbocycles. The average Bonchev–Trinajstić information content (AvgIpc) is 2.42. The molecule has 0 fully saturated rings. The summed E-state index contributed by atoms with van der Waals surface area (Å²) >= 11 is 0. The smallest absolute Gasteiger partial charge is 0.312 e. The molecule has 0 saturated heterocycles. The van der Waals surface area contributed by atoms with Gasteiger partial charge in [-0.1, -0.05) is 31.2 Å². The van der Waals surface area contributed by atoms with Crippen molar-refractivity contribution in [3.05, 3.63) is 35.4 Å². The predicted octanol–water partition coefficient (Wildman–Crippen LogP) is 3.39. The van der Waals surface area contributed by atoms with Gasteiger partial charge in [0.15, 0.2) is 0 Å². The van der Waals surface area contributed by atoms with Crippen molar-refractivity contribution in [1.82, 2.24) is 10.2 Å². The van der Waals surface area contributed by atoms with Crippen molar-refractivity contribution < 1.29 is 13.2 Å². The minimum absolute atomic E-state index is 0.0225. The molecule has 0 saturated carbocycles. The summed E-state index contributed by atoms with van der Waals surface area (Å²) in [5.41, 5.74) is 2.36. The van der Waals surface area contributed by atoms with Crippen LogP contribution >= 0.6 is 0 Å². The third kappa shape index (κ3) is 5.92. The number of alkyl halides is 3. The molecule has 0 aliphatic carbocycles. The number of benzene rings is 1. The highest BCUT2D eigenvalue weighted by molar-refractivity contribution is 5.25. The SMILES string of the molecule is CCc1ccc(C(CN(C)CCC(F)(F)F)NC)cc1. The van der Waals surface area contributed by atoms with Crippen molar-refractivity contribution in [3.63, 3.8) is 0 Å². The van der Waals surface area contributed by atoms with Crippen LogP contribution in [0.3, 0.4) is 0 Å². The maximum Gasteiger partial charge on any atom is 0.390 e. The Hall–Kier alpha value is -1.07. The largest absolute Gasteiger partial charge is 0.390 e. The average molecular weight is 288 g/mol. The van der Waals surface area contributed by atoms with E-state index in [0.717, 1.165) is 12.0 Å². The van der Waals surface area contributed by atoms with Crippen molar-refractivity contribution >= 4 is 0 Å². The van der Waals surface area contributed by atoms with Crippen LogP contribution in [0.5, 0.6) is 0 Å². The Kier molecular flexibility index (Phi) is 6.49. The molecule has 0 amide bonds. The summed E-state index contributed by atoms with van der Waals surface area (Å²) in [6.45, 7) is 2.67. The third-order valence-electron chi connectivity index (χ3n) is 3.41. The zero-order valence-corrected chi connectivity index (χ0v) is 12.3. The second-order valence-corrected chi connectivity index (χ2v) is 5.06. The summed E-state index contributed by atoms with van der Waals surface area (Å²) in [6.07, 6.45) is -3.88. The van der Waals surface area contributed by atoms with E-state index in [2.05, 4.69) is 24.4 Å². The van der Waals surface area contributed by atoms with Gasteiger partial charge in [-0.25, -0.2) is 0 Å². The van der Waals surface area contributed by atoms with Crippen molar-refractivity contribution in [1.29, 1.82) is 0 Å². The highest BCUT2D eigenvalue weighted by Crippen LogP contribution is 2.20. The number of halogens is 3. The van der Waals surface area contributed by atoms with Gasteiger partial charge in [0.25, 0.3) is 0 Å². The number of rotatable bonds is 7. The summed E-state index contributed by atoms with van der Waals surface area (Å²) in [5.74, 6) is 0. The minimum Gasteiger partial charge on any atom is -0.312 e. The van der Waals surface area contributed by atoms with Crippen molar-refractivity contribution in [2.75, 3.05) is 27.2 Å². The van der Waals surface area contributed by atoms with Gasteiger partial charge < -0.3 is 10.2 Å². The molecule has 1 atom stereocenters. The third-order valence-corrected chi connectivity index (χ3v) is 3.41. The molecule has 2 nitrogen and oxygen atoms in total. The fourth-order valence-electron chi connectivity index (χ4n) is 2.07. The molecule has 0 heterocycles. The van der Waals surface area contributed by atoms with Gasteiger partial charge in [-0.15, -0.1) is 0 Å². The van der Waals surface area contributed by atoms with E-state index in [1.54, 1.807) is 11.9 Å². The lowest BCUT2D eigenvalue weighted by Crippen LogP contribution is -2.33. The Bertz CT molecular complexity index is 387. The molecule has 1 rings (SSSR count). The van der Waals surface area contributed by atoms with Crippen LogP contribution in [0.4, 0.5) is 13.2 Å². The number of nitrogens with one attached hydrogen (secondary N) is 1. The van der Waals surface area contributed by atoms with Crippen molar-refractivity contribution in [2.45, 2.75) is 32.0 Å². The van der Waals surface area contributed by atoms with Crippen molar-refractivity contribution in [3.8, 4) is 0 Å². The molecule has 0 bridgehead atoms. The molecule has 0 aliphatic heterocycles. The predicted molar refractivity (Wildman–Crippen MR) is 75.8 cm³/mol. The lowest BCUT2D eigenvalue weighted by atomic mass is 10.0. The molecule has 0 aromatic heterocycles. The summed E-state index contributed by atoms with van der Waals surface area (Å²) in [5, 5.41) is 3.16. The molecule has 0 radical (unpaired) electrons. The Morgan fingerprint density at radius 3 is 2.25 bits per heavy atom. The number of nitrogens with zero attached hydrogens (tertiary/aromatic N) is 1. The molecule has 0 aliphatic rings. The van der Waals surface area contributed by atoms with E-state index >= 15 is 0 Å². The van der Waals surface area contributed by atoms with Gasteiger partial charge in [-0.2, -0.15) is 13.2 Å². The molecule has 1 N–H and O–H groups in total. The number of hydrogen-bond acceptors (Lipinski definition) is 2. The van der Waals surface area contributed by atoms with Gasteiger partial charge in [0.05, 0.1) is 6.42 Å². The molecule has 1 aromatic rings. The second kappa shape index (κ2) is 7.64. The summed E-state index contributed by atoms with van der Waals surface area (Å²) in [7, 11) is 3.55. The lowest BCUT2D eigenvalue weighted by Gasteiger charge is -2.24. The van der Waals surface area contributed by atoms with E-state index in [1.165, 1.54) is 5.56 Å². The van der Waals surface area contributed by atoms with Crippen LogP contribution in [0.1, 0.15) is 30.5 Å². The van der Waals surface area contributed by atoms with Crippen LogP contribution in [0, 0.1) is 0 Å². The zero-order chi connectivity index (χ0) is 15.2. The van der Waals surface area contributed by atoms with Crippen LogP contribution < -0.4 is 5.32 Å². The molecule has 114 valence electrons. The van der Waals surface area contributed by atoms with Gasteiger partial charge in [-0.3, -0.25) is 0 Å². The first kappa shape index (κ1) is 17.0. The van der Waals surface area contributed by atoms with E-state index in [9.17, 15) is 13.2 Å². The molecular weight excluding hydrogens is 265 g/mol. The standard InChI is InChI=1S/C15H23F3N2/c1-4-12-5-7-13(8-6-12)14(19-2)11-20(3)10-9-15(16,17)18/h5-8,14,19H,4,9-11H2,1-3H3. The van der Waals surface area contributed by atoms with E-state index in [0.29, 0.717) is 6.54 Å². The first-order valence-corrected chi connectivity index (χ1v) is 6.87. The highest BCUT2D eigenvalue weighted by Gasteiger charge is 2.27. The summed E-state index contributed by atoms with van der Waals surface area (Å²) < 4.78 is 36.6. The molecule has 20 heavy (non-hydrogen) atoms. The Morgan fingerprint density at radius 1 is 1.20 bits per heavy atom. The highest BCUT2D eigenvalue weighted by atomic mass is 19.4. The maximum absolute atomic E-state index is 12.2. The quantitative estimate of drug-likeness (QED) is 0.827. The van der Waals surface area contributed by atoms with Crippen LogP contribution in [-0.4, -0.2) is 38.3 Å². The van der Waals surface area contributed by atoms with E-state index in [-0.39, 0.29) is 12.6 Å². The number of likely N-dealkylation sites (N-methyl/N-ethyl adjacent to an activating group) is 2. The van der Waals surface area contributed by atoms with Gasteiger partial charge in [0.2, 0.25) is 0 Å². The molecule has 5 heteroatoms. The zero-order valence-electron chi connectivity index (χ0n) is 12.3. The number of aryl methyl sites for hydroxylation is 1. The van der Waals surface area contributed by atoms with Gasteiger partial charge in [-0.05, 0) is 31.6 Å². The maximum atomic E-state index is 12.2. The molecular formula is C15H23F3N2. The van der Waals surface area contributed by atoms with E-state index in [1.807, 2.05) is 19.2 Å². The molecule has 0 spiro atoms. The Labute approximate surface area is 119 Å². The summed E-state index contributed by atoms with van der Waals surface area (Å²) in [4.78, 5) is 1.71.